The molecule has 0 aromatic carbocycles. The second-order valence-corrected chi connectivity index (χ2v) is 2.60. The molecule has 0 saturated carbocycles. The molecule has 0 N–H and O–H groups in total. The Hall–Kier alpha value is -1.25. The van der Waals surface area contributed by atoms with E-state index in [1.54, 1.807) is 18.4 Å². The number of hydroxylamine groups is 1. The lowest BCUT2D eigenvalue weighted by Crippen LogP contribution is -2.14. The summed E-state index contributed by atoms with van der Waals surface area (Å²) in [7, 11) is 0. The molecule has 0 unspecified atom stereocenters. The van der Waals surface area contributed by atoms with Crippen LogP contribution in [0, 0.1) is 5.21 Å². The van der Waals surface area contributed by atoms with Gasteiger partial charge in [-0.3, -0.25) is 0 Å². The fraction of sp³-hybridized carbons (Fsp3) is 0.375. The van der Waals surface area contributed by atoms with Gasteiger partial charge in [-0.2, -0.15) is 0 Å². The largest absolute Gasteiger partial charge is 0.624 e. The molecule has 60 valence electrons. The Bertz CT molecular complexity index is 237. The van der Waals surface area contributed by atoms with Gasteiger partial charge in [-0.25, -0.2) is 4.74 Å². The standard InChI is InChI=1S/C8H11NO2/c1-7(2)9(10)6-8-4-3-5-11-8/h3-7H,1-2H3/b9-6-. The van der Waals surface area contributed by atoms with Gasteiger partial charge in [0.25, 0.3) is 0 Å². The second-order valence-electron chi connectivity index (χ2n) is 2.60. The molecule has 1 aromatic rings. The Labute approximate surface area is 65.5 Å². The van der Waals surface area contributed by atoms with E-state index in [9.17, 15) is 5.21 Å². The van der Waals surface area contributed by atoms with E-state index in [0.717, 1.165) is 4.74 Å². The summed E-state index contributed by atoms with van der Waals surface area (Å²) >= 11 is 0. The molecule has 0 aliphatic carbocycles. The topological polar surface area (TPSA) is 39.2 Å². The highest BCUT2D eigenvalue weighted by Gasteiger charge is 2.01. The van der Waals surface area contributed by atoms with Gasteiger partial charge >= 0.3 is 0 Å². The molecule has 11 heavy (non-hydrogen) atoms. The van der Waals surface area contributed by atoms with Gasteiger partial charge in [-0.1, -0.05) is 0 Å². The van der Waals surface area contributed by atoms with E-state index < -0.39 is 0 Å². The summed E-state index contributed by atoms with van der Waals surface area (Å²) in [6.07, 6.45) is 2.98. The van der Waals surface area contributed by atoms with Crippen molar-refractivity contribution in [3.63, 3.8) is 0 Å². The van der Waals surface area contributed by atoms with Gasteiger partial charge < -0.3 is 9.62 Å². The maximum absolute atomic E-state index is 11.0. The number of furan rings is 1. The molecule has 1 aromatic heterocycles. The van der Waals surface area contributed by atoms with Crippen LogP contribution in [-0.4, -0.2) is 17.0 Å². The molecule has 0 spiro atoms. The van der Waals surface area contributed by atoms with Crippen LogP contribution >= 0.6 is 0 Å². The van der Waals surface area contributed by atoms with Crippen LogP contribution in [0.3, 0.4) is 0 Å². The maximum atomic E-state index is 11.0. The van der Waals surface area contributed by atoms with Crippen molar-refractivity contribution < 1.29 is 9.16 Å². The number of rotatable bonds is 2. The third kappa shape index (κ3) is 2.11. The van der Waals surface area contributed by atoms with Crippen LogP contribution in [0.5, 0.6) is 0 Å². The molecule has 0 fully saturated rings. The lowest BCUT2D eigenvalue weighted by molar-refractivity contribution is -0.487. The van der Waals surface area contributed by atoms with Crippen LogP contribution < -0.4 is 0 Å². The Balaban J connectivity index is 2.74. The number of hydrogen-bond acceptors (Lipinski definition) is 2. The molecule has 0 saturated heterocycles. The molecule has 0 aliphatic rings. The van der Waals surface area contributed by atoms with Crippen LogP contribution in [0.4, 0.5) is 0 Å². The van der Waals surface area contributed by atoms with Crippen LogP contribution in [0.1, 0.15) is 19.6 Å². The van der Waals surface area contributed by atoms with Crippen LogP contribution in [-0.2, 0) is 0 Å². The molecule has 0 bridgehead atoms. The quantitative estimate of drug-likeness (QED) is 0.280. The van der Waals surface area contributed by atoms with Gasteiger partial charge in [0, 0.05) is 0 Å². The summed E-state index contributed by atoms with van der Waals surface area (Å²) in [6, 6.07) is 3.45. The SMILES string of the molecule is CC(C)/[N+]([O-])=C/c1ccco1. The molecule has 0 amide bonds. The molecule has 3 heteroatoms. The maximum Gasteiger partial charge on any atom is 0.217 e. The molecular weight excluding hydrogens is 142 g/mol. The Morgan fingerprint density at radius 2 is 2.36 bits per heavy atom. The molecule has 1 rings (SSSR count). The average Bonchev–Trinajstić information content (AvgIpc) is 2.39. The highest BCUT2D eigenvalue weighted by Crippen LogP contribution is 1.96. The highest BCUT2D eigenvalue weighted by molar-refractivity contribution is 5.71. The Kier molecular flexibility index (Phi) is 2.31. The fourth-order valence-corrected chi connectivity index (χ4v) is 0.639. The zero-order valence-electron chi connectivity index (χ0n) is 6.65. The van der Waals surface area contributed by atoms with E-state index in [-0.39, 0.29) is 6.04 Å². The summed E-state index contributed by atoms with van der Waals surface area (Å²) in [4.78, 5) is 0. The summed E-state index contributed by atoms with van der Waals surface area (Å²) in [5, 5.41) is 11.0. The van der Waals surface area contributed by atoms with Crippen molar-refractivity contribution in [3.8, 4) is 0 Å². The Morgan fingerprint density at radius 1 is 1.64 bits per heavy atom. The minimum absolute atomic E-state index is 0.0416. The molecule has 0 aliphatic heterocycles. The number of hydrogen-bond donors (Lipinski definition) is 0. The van der Waals surface area contributed by atoms with Gasteiger partial charge in [-0.15, -0.1) is 0 Å². The van der Waals surface area contributed by atoms with Gasteiger partial charge in [0.15, 0.2) is 11.8 Å². The molecular formula is C8H11NO2. The summed E-state index contributed by atoms with van der Waals surface area (Å²) in [6.45, 7) is 3.65. The third-order valence-electron chi connectivity index (χ3n) is 1.31. The van der Waals surface area contributed by atoms with E-state index in [0.29, 0.717) is 5.76 Å². The minimum Gasteiger partial charge on any atom is -0.624 e. The van der Waals surface area contributed by atoms with Crippen LogP contribution in [0.25, 0.3) is 0 Å². The van der Waals surface area contributed by atoms with Crippen LogP contribution in [0.2, 0.25) is 0 Å². The van der Waals surface area contributed by atoms with Gasteiger partial charge in [0.05, 0.1) is 6.26 Å². The lowest BCUT2D eigenvalue weighted by atomic mass is 10.4. The van der Waals surface area contributed by atoms with E-state index in [4.69, 9.17) is 4.42 Å². The van der Waals surface area contributed by atoms with E-state index in [1.807, 2.05) is 13.8 Å². The van der Waals surface area contributed by atoms with Crippen molar-refractivity contribution in [2.45, 2.75) is 19.9 Å². The first-order valence-corrected chi connectivity index (χ1v) is 3.54. The van der Waals surface area contributed by atoms with Crippen molar-refractivity contribution in [3.05, 3.63) is 29.4 Å². The first-order valence-electron chi connectivity index (χ1n) is 3.54. The smallest absolute Gasteiger partial charge is 0.217 e. The zero-order valence-corrected chi connectivity index (χ0v) is 6.65. The van der Waals surface area contributed by atoms with Crippen molar-refractivity contribution in [1.29, 1.82) is 0 Å². The Morgan fingerprint density at radius 3 is 2.82 bits per heavy atom. The van der Waals surface area contributed by atoms with E-state index >= 15 is 0 Å². The third-order valence-corrected chi connectivity index (χ3v) is 1.31. The van der Waals surface area contributed by atoms with E-state index in [2.05, 4.69) is 0 Å². The fourth-order valence-electron chi connectivity index (χ4n) is 0.639. The highest BCUT2D eigenvalue weighted by atomic mass is 16.5. The zero-order chi connectivity index (χ0) is 8.27. The van der Waals surface area contributed by atoms with Crippen molar-refractivity contribution in [1.82, 2.24) is 0 Å². The number of nitrogens with zero attached hydrogens (tertiary/aromatic N) is 1. The minimum atomic E-state index is -0.0416. The van der Waals surface area contributed by atoms with Gasteiger partial charge in [0.2, 0.25) is 6.21 Å². The molecule has 1 heterocycles. The molecule has 3 nitrogen and oxygen atoms in total. The molecule has 0 atom stereocenters. The van der Waals surface area contributed by atoms with Gasteiger partial charge in [-0.05, 0) is 26.0 Å². The predicted octanol–water partition coefficient (Wildman–Crippen LogP) is 1.62. The van der Waals surface area contributed by atoms with Crippen molar-refractivity contribution in [2.24, 2.45) is 0 Å². The second kappa shape index (κ2) is 3.23. The predicted molar refractivity (Wildman–Crippen MR) is 42.6 cm³/mol. The van der Waals surface area contributed by atoms with E-state index in [1.165, 1.54) is 6.21 Å². The van der Waals surface area contributed by atoms with Crippen LogP contribution in [0.15, 0.2) is 22.8 Å². The molecule has 0 radical (unpaired) electrons. The van der Waals surface area contributed by atoms with Gasteiger partial charge in [0.1, 0.15) is 0 Å². The first-order chi connectivity index (χ1) is 5.20. The first kappa shape index (κ1) is 7.85. The lowest BCUT2D eigenvalue weighted by Gasteiger charge is -2.05. The van der Waals surface area contributed by atoms with Crippen molar-refractivity contribution >= 4 is 6.21 Å². The summed E-state index contributed by atoms with van der Waals surface area (Å²) in [5.74, 6) is 0.591. The van der Waals surface area contributed by atoms with Crippen molar-refractivity contribution in [2.75, 3.05) is 0 Å². The normalized spacial score (nSPS) is 12.5. The summed E-state index contributed by atoms with van der Waals surface area (Å²) < 4.78 is 5.82. The summed E-state index contributed by atoms with van der Waals surface area (Å²) in [5.41, 5.74) is 0. The average molecular weight is 153 g/mol. The monoisotopic (exact) mass is 153 g/mol.